The van der Waals surface area contributed by atoms with Gasteiger partial charge in [-0.2, -0.15) is 0 Å². The van der Waals surface area contributed by atoms with Gasteiger partial charge in [0.05, 0.1) is 11.4 Å². The summed E-state index contributed by atoms with van der Waals surface area (Å²) < 4.78 is 0. The Morgan fingerprint density at radius 2 is 2.33 bits per heavy atom. The van der Waals surface area contributed by atoms with Crippen molar-refractivity contribution < 1.29 is 9.59 Å². The molecular weight excluding hydrogens is 260 g/mol. The average molecular weight is 277 g/mol. The third kappa shape index (κ3) is 3.81. The van der Waals surface area contributed by atoms with Gasteiger partial charge in [0, 0.05) is 13.1 Å². The van der Waals surface area contributed by atoms with E-state index in [0.717, 1.165) is 6.42 Å². The van der Waals surface area contributed by atoms with Gasteiger partial charge >= 0.3 is 0 Å². The molecule has 0 aromatic carbocycles. The molecule has 86 valence electrons. The van der Waals surface area contributed by atoms with Crippen LogP contribution in [0.1, 0.15) is 20.3 Å². The van der Waals surface area contributed by atoms with Crippen LogP contribution in [0, 0.1) is 5.92 Å². The van der Waals surface area contributed by atoms with Crippen LogP contribution in [0.3, 0.4) is 0 Å². The van der Waals surface area contributed by atoms with E-state index < -0.39 is 0 Å². The predicted molar refractivity (Wildman–Crippen MR) is 61.8 cm³/mol. The summed E-state index contributed by atoms with van der Waals surface area (Å²) in [6.07, 6.45) is 0.788. The summed E-state index contributed by atoms with van der Waals surface area (Å²) in [6, 6.07) is 0. The molecule has 0 aromatic heterocycles. The molecule has 1 saturated heterocycles. The Morgan fingerprint density at radius 1 is 1.67 bits per heavy atom. The number of carbonyl (C=O) groups is 2. The maximum atomic E-state index is 11.5. The number of carbonyl (C=O) groups excluding carboxylic acids is 2. The van der Waals surface area contributed by atoms with Gasteiger partial charge in [-0.15, -0.1) is 0 Å². The number of rotatable bonds is 4. The number of hydrogen-bond donors (Lipinski definition) is 1. The normalized spacial score (nSPS) is 21.2. The van der Waals surface area contributed by atoms with Gasteiger partial charge in [0.2, 0.25) is 11.8 Å². The van der Waals surface area contributed by atoms with Crippen LogP contribution in [0.2, 0.25) is 0 Å². The first-order valence-electron chi connectivity index (χ1n) is 5.20. The molecule has 0 spiro atoms. The van der Waals surface area contributed by atoms with Crippen LogP contribution in [0.15, 0.2) is 0 Å². The number of hydrogen-bond acceptors (Lipinski definition) is 2. The lowest BCUT2D eigenvalue weighted by Gasteiger charge is -2.15. The predicted octanol–water partition coefficient (Wildman–Crippen LogP) is 0.754. The maximum absolute atomic E-state index is 11.5. The van der Waals surface area contributed by atoms with Crippen molar-refractivity contribution in [3.8, 4) is 0 Å². The monoisotopic (exact) mass is 276 g/mol. The highest BCUT2D eigenvalue weighted by Crippen LogP contribution is 2.17. The first kappa shape index (κ1) is 12.5. The minimum Gasteiger partial charge on any atom is -0.354 e. The van der Waals surface area contributed by atoms with Crippen LogP contribution in [0.5, 0.6) is 0 Å². The Kier molecular flexibility index (Phi) is 4.57. The molecule has 0 aliphatic carbocycles. The Labute approximate surface area is 98.5 Å². The standard InChI is InChI=1S/C10H17BrN2O2/c1-7(2)5-12-9(14)6-13-4-3-8(11)10(13)15/h7-8H,3-6H2,1-2H3,(H,12,14). The molecule has 0 aromatic rings. The molecule has 0 radical (unpaired) electrons. The third-order valence-corrected chi connectivity index (χ3v) is 3.12. The van der Waals surface area contributed by atoms with Crippen LogP contribution >= 0.6 is 15.9 Å². The summed E-state index contributed by atoms with van der Waals surface area (Å²) in [5.41, 5.74) is 0. The highest BCUT2D eigenvalue weighted by Gasteiger charge is 2.30. The lowest BCUT2D eigenvalue weighted by molar-refractivity contribution is -0.132. The van der Waals surface area contributed by atoms with Gasteiger partial charge < -0.3 is 10.2 Å². The minimum atomic E-state index is -0.101. The van der Waals surface area contributed by atoms with E-state index in [4.69, 9.17) is 0 Å². The molecule has 1 atom stereocenters. The van der Waals surface area contributed by atoms with Gasteiger partial charge in [-0.05, 0) is 12.3 Å². The van der Waals surface area contributed by atoms with Gasteiger partial charge in [0.1, 0.15) is 0 Å². The molecular formula is C10H17BrN2O2. The molecule has 1 aliphatic rings. The smallest absolute Gasteiger partial charge is 0.239 e. The van der Waals surface area contributed by atoms with E-state index in [-0.39, 0.29) is 23.2 Å². The highest BCUT2D eigenvalue weighted by atomic mass is 79.9. The maximum Gasteiger partial charge on any atom is 0.239 e. The van der Waals surface area contributed by atoms with Gasteiger partial charge in [0.25, 0.3) is 0 Å². The van der Waals surface area contributed by atoms with E-state index in [1.54, 1.807) is 4.90 Å². The summed E-state index contributed by atoms with van der Waals surface area (Å²) in [6.45, 7) is 5.60. The van der Waals surface area contributed by atoms with E-state index in [0.29, 0.717) is 19.0 Å². The quantitative estimate of drug-likeness (QED) is 0.771. The molecule has 1 aliphatic heterocycles. The Morgan fingerprint density at radius 3 is 2.80 bits per heavy atom. The van der Waals surface area contributed by atoms with E-state index >= 15 is 0 Å². The van der Waals surface area contributed by atoms with E-state index in [2.05, 4.69) is 21.2 Å². The Hall–Kier alpha value is -0.580. The molecule has 0 saturated carbocycles. The topological polar surface area (TPSA) is 49.4 Å². The van der Waals surface area contributed by atoms with E-state index in [1.807, 2.05) is 13.8 Å². The van der Waals surface area contributed by atoms with Gasteiger partial charge in [-0.25, -0.2) is 0 Å². The van der Waals surface area contributed by atoms with Crippen LogP contribution in [0.4, 0.5) is 0 Å². The van der Waals surface area contributed by atoms with Crippen molar-refractivity contribution in [2.45, 2.75) is 25.1 Å². The number of likely N-dealkylation sites (tertiary alicyclic amines) is 1. The fraction of sp³-hybridized carbons (Fsp3) is 0.800. The molecule has 1 fully saturated rings. The Balaban J connectivity index is 2.29. The van der Waals surface area contributed by atoms with Crippen LogP contribution in [-0.4, -0.2) is 41.2 Å². The molecule has 5 heteroatoms. The van der Waals surface area contributed by atoms with Gasteiger partial charge in [-0.3, -0.25) is 9.59 Å². The molecule has 15 heavy (non-hydrogen) atoms. The molecule has 0 bridgehead atoms. The van der Waals surface area contributed by atoms with Crippen molar-refractivity contribution in [3.05, 3.63) is 0 Å². The molecule has 1 unspecified atom stereocenters. The second-order valence-electron chi connectivity index (χ2n) is 4.21. The van der Waals surface area contributed by atoms with E-state index in [1.165, 1.54) is 0 Å². The number of nitrogens with one attached hydrogen (secondary N) is 1. The molecule has 2 amide bonds. The molecule has 4 nitrogen and oxygen atoms in total. The average Bonchev–Trinajstić information content (AvgIpc) is 2.47. The number of nitrogens with zero attached hydrogens (tertiary/aromatic N) is 1. The van der Waals surface area contributed by atoms with Crippen LogP contribution < -0.4 is 5.32 Å². The molecule has 1 heterocycles. The lowest BCUT2D eigenvalue weighted by atomic mass is 10.2. The van der Waals surface area contributed by atoms with Crippen molar-refractivity contribution in [2.75, 3.05) is 19.6 Å². The lowest BCUT2D eigenvalue weighted by Crippen LogP contribution is -2.39. The third-order valence-electron chi connectivity index (χ3n) is 2.27. The second kappa shape index (κ2) is 5.49. The molecule has 1 N–H and O–H groups in total. The molecule has 1 rings (SSSR count). The summed E-state index contributed by atoms with van der Waals surface area (Å²) >= 11 is 3.27. The van der Waals surface area contributed by atoms with Crippen LogP contribution in [0.25, 0.3) is 0 Å². The highest BCUT2D eigenvalue weighted by molar-refractivity contribution is 9.10. The summed E-state index contributed by atoms with van der Waals surface area (Å²) in [5, 5.41) is 2.80. The Bertz CT molecular complexity index is 256. The number of alkyl halides is 1. The van der Waals surface area contributed by atoms with Crippen molar-refractivity contribution >= 4 is 27.7 Å². The number of halogens is 1. The van der Waals surface area contributed by atoms with Gasteiger partial charge in [0.15, 0.2) is 0 Å². The first-order valence-corrected chi connectivity index (χ1v) is 6.12. The zero-order valence-electron chi connectivity index (χ0n) is 9.12. The largest absolute Gasteiger partial charge is 0.354 e. The van der Waals surface area contributed by atoms with Crippen molar-refractivity contribution in [2.24, 2.45) is 5.92 Å². The van der Waals surface area contributed by atoms with Crippen molar-refractivity contribution in [1.82, 2.24) is 10.2 Å². The fourth-order valence-corrected chi connectivity index (χ4v) is 1.90. The first-order chi connectivity index (χ1) is 7.00. The minimum absolute atomic E-state index is 0.0229. The van der Waals surface area contributed by atoms with Gasteiger partial charge in [-0.1, -0.05) is 29.8 Å². The van der Waals surface area contributed by atoms with Crippen molar-refractivity contribution in [1.29, 1.82) is 0 Å². The summed E-state index contributed by atoms with van der Waals surface area (Å²) in [5.74, 6) is 0.389. The fourth-order valence-electron chi connectivity index (χ4n) is 1.41. The SMILES string of the molecule is CC(C)CNC(=O)CN1CCC(Br)C1=O. The summed E-state index contributed by atoms with van der Waals surface area (Å²) in [4.78, 5) is 24.4. The van der Waals surface area contributed by atoms with Crippen LogP contribution in [-0.2, 0) is 9.59 Å². The number of amides is 2. The van der Waals surface area contributed by atoms with E-state index in [9.17, 15) is 9.59 Å². The second-order valence-corrected chi connectivity index (χ2v) is 5.32. The van der Waals surface area contributed by atoms with Crippen molar-refractivity contribution in [3.63, 3.8) is 0 Å². The summed E-state index contributed by atoms with van der Waals surface area (Å²) in [7, 11) is 0. The zero-order chi connectivity index (χ0) is 11.4. The zero-order valence-corrected chi connectivity index (χ0v) is 10.7.